The van der Waals surface area contributed by atoms with Gasteiger partial charge in [-0.2, -0.15) is 0 Å². The van der Waals surface area contributed by atoms with Gasteiger partial charge in [0.25, 0.3) is 0 Å². The molecule has 5 nitrogen and oxygen atoms in total. The van der Waals surface area contributed by atoms with Crippen LogP contribution in [0.4, 0.5) is 0 Å². The molecule has 0 bridgehead atoms. The topological polar surface area (TPSA) is 76.1 Å². The van der Waals surface area contributed by atoms with Gasteiger partial charge in [0.2, 0.25) is 10.0 Å². The molecule has 0 saturated heterocycles. The summed E-state index contributed by atoms with van der Waals surface area (Å²) in [5.74, 6) is -0.256. The van der Waals surface area contributed by atoms with Crippen LogP contribution in [0.2, 0.25) is 5.15 Å². The first-order valence-electron chi connectivity index (χ1n) is 6.30. The first-order chi connectivity index (χ1) is 10.4. The van der Waals surface area contributed by atoms with Crippen molar-refractivity contribution in [3.63, 3.8) is 0 Å². The van der Waals surface area contributed by atoms with Crippen molar-refractivity contribution in [3.8, 4) is 0 Å². The maximum atomic E-state index is 12.0. The number of carbonyl (C=O) groups excluding carboxylic acids is 1. The van der Waals surface area contributed by atoms with Crippen molar-refractivity contribution in [2.24, 2.45) is 0 Å². The highest BCUT2D eigenvalue weighted by atomic mass is 35.5. The lowest BCUT2D eigenvalue weighted by Crippen LogP contribution is -2.18. The van der Waals surface area contributed by atoms with Crippen LogP contribution in [-0.4, -0.2) is 26.2 Å². The first-order valence-corrected chi connectivity index (χ1v) is 8.17. The lowest BCUT2D eigenvalue weighted by Gasteiger charge is -2.03. The Labute approximate surface area is 133 Å². The predicted molar refractivity (Wildman–Crippen MR) is 85.3 cm³/mol. The van der Waals surface area contributed by atoms with Crippen molar-refractivity contribution >= 4 is 33.5 Å². The quantitative estimate of drug-likeness (QED) is 0.517. The summed E-state index contributed by atoms with van der Waals surface area (Å²) >= 11 is 5.89. The van der Waals surface area contributed by atoms with E-state index in [2.05, 4.69) is 9.71 Å². The molecule has 0 aliphatic carbocycles. The Morgan fingerprint density at radius 3 is 2.50 bits per heavy atom. The van der Waals surface area contributed by atoms with Crippen LogP contribution in [0.15, 0.2) is 53.6 Å². The Balaban J connectivity index is 2.19. The summed E-state index contributed by atoms with van der Waals surface area (Å²) in [7, 11) is -2.18. The van der Waals surface area contributed by atoms with Gasteiger partial charge in [-0.05, 0) is 49.5 Å². The Morgan fingerprint density at radius 1 is 1.23 bits per heavy atom. The molecule has 0 radical (unpaired) electrons. The third kappa shape index (κ3) is 3.79. The molecule has 0 amide bonds. The minimum atomic E-state index is -3.51. The van der Waals surface area contributed by atoms with Gasteiger partial charge in [0.15, 0.2) is 5.78 Å². The van der Waals surface area contributed by atoms with E-state index in [1.807, 2.05) is 0 Å². The Bertz CT molecular complexity index is 815. The Hall–Kier alpha value is -2.02. The van der Waals surface area contributed by atoms with E-state index in [1.54, 1.807) is 24.4 Å². The van der Waals surface area contributed by atoms with Gasteiger partial charge in [0.05, 0.1) is 4.90 Å². The number of sulfonamides is 1. The average Bonchev–Trinajstić information content (AvgIpc) is 2.54. The van der Waals surface area contributed by atoms with Crippen molar-refractivity contribution in [2.45, 2.75) is 4.90 Å². The molecule has 0 aliphatic heterocycles. The minimum Gasteiger partial charge on any atom is -0.289 e. The second-order valence-electron chi connectivity index (χ2n) is 4.31. The molecule has 1 N–H and O–H groups in total. The van der Waals surface area contributed by atoms with Crippen LogP contribution in [0, 0.1) is 0 Å². The summed E-state index contributed by atoms with van der Waals surface area (Å²) in [5.41, 5.74) is 1.01. The number of ketones is 1. The van der Waals surface area contributed by atoms with E-state index in [0.29, 0.717) is 16.3 Å². The highest BCUT2D eigenvalue weighted by Gasteiger charge is 2.11. The van der Waals surface area contributed by atoms with E-state index in [4.69, 9.17) is 11.6 Å². The summed E-state index contributed by atoms with van der Waals surface area (Å²) in [5, 5.41) is 0.307. The van der Waals surface area contributed by atoms with Gasteiger partial charge in [0, 0.05) is 17.3 Å². The van der Waals surface area contributed by atoms with Crippen molar-refractivity contribution in [1.82, 2.24) is 9.71 Å². The Kier molecular flexibility index (Phi) is 5.07. The molecular formula is C15H13ClN2O3S. The van der Waals surface area contributed by atoms with Gasteiger partial charge in [-0.15, -0.1) is 0 Å². The number of halogens is 1. The van der Waals surface area contributed by atoms with E-state index in [1.165, 1.54) is 37.4 Å². The molecule has 2 rings (SSSR count). The fourth-order valence-electron chi connectivity index (χ4n) is 1.70. The lowest BCUT2D eigenvalue weighted by molar-refractivity contribution is 0.104. The Morgan fingerprint density at radius 2 is 1.91 bits per heavy atom. The molecule has 0 fully saturated rings. The molecule has 22 heavy (non-hydrogen) atoms. The fraction of sp³-hybridized carbons (Fsp3) is 0.0667. The number of hydrogen-bond acceptors (Lipinski definition) is 4. The van der Waals surface area contributed by atoms with Crippen LogP contribution in [0.1, 0.15) is 15.9 Å². The van der Waals surface area contributed by atoms with E-state index in [0.717, 1.165) is 0 Å². The molecule has 0 atom stereocenters. The number of carbonyl (C=O) groups is 1. The number of nitrogens with zero attached hydrogens (tertiary/aromatic N) is 1. The van der Waals surface area contributed by atoms with Gasteiger partial charge in [0.1, 0.15) is 5.15 Å². The van der Waals surface area contributed by atoms with Crippen molar-refractivity contribution in [1.29, 1.82) is 0 Å². The maximum absolute atomic E-state index is 12.0. The van der Waals surface area contributed by atoms with E-state index < -0.39 is 10.0 Å². The average molecular weight is 337 g/mol. The number of hydrogen-bond donors (Lipinski definition) is 1. The smallest absolute Gasteiger partial charge is 0.240 e. The molecule has 1 aromatic carbocycles. The zero-order valence-electron chi connectivity index (χ0n) is 11.7. The summed E-state index contributed by atoms with van der Waals surface area (Å²) < 4.78 is 25.4. The van der Waals surface area contributed by atoms with Crippen LogP contribution >= 0.6 is 11.6 Å². The SMILES string of the molecule is CNS(=O)(=O)c1ccc(C(=O)/C=C/c2cccnc2Cl)cc1. The molecule has 114 valence electrons. The van der Waals surface area contributed by atoms with Crippen LogP contribution in [-0.2, 0) is 10.0 Å². The van der Waals surface area contributed by atoms with Gasteiger partial charge >= 0.3 is 0 Å². The molecule has 1 heterocycles. The van der Waals surface area contributed by atoms with Crippen LogP contribution in [0.3, 0.4) is 0 Å². The van der Waals surface area contributed by atoms with E-state index in [9.17, 15) is 13.2 Å². The number of pyridine rings is 1. The zero-order chi connectivity index (χ0) is 16.2. The number of nitrogens with one attached hydrogen (secondary N) is 1. The molecule has 2 aromatic rings. The lowest BCUT2D eigenvalue weighted by atomic mass is 10.1. The molecule has 0 aliphatic rings. The summed E-state index contributed by atoms with van der Waals surface area (Å²) in [6, 6.07) is 9.13. The van der Waals surface area contributed by atoms with E-state index >= 15 is 0 Å². The van der Waals surface area contributed by atoms with Crippen LogP contribution < -0.4 is 4.72 Å². The molecule has 0 unspecified atom stereocenters. The first kappa shape index (κ1) is 16.4. The largest absolute Gasteiger partial charge is 0.289 e. The summed E-state index contributed by atoms with van der Waals surface area (Å²) in [4.78, 5) is 16.1. The second kappa shape index (κ2) is 6.83. The molecule has 0 spiro atoms. The summed E-state index contributed by atoms with van der Waals surface area (Å²) in [6.07, 6.45) is 4.49. The van der Waals surface area contributed by atoms with Crippen molar-refractivity contribution in [2.75, 3.05) is 7.05 Å². The van der Waals surface area contributed by atoms with Gasteiger partial charge in [-0.25, -0.2) is 18.1 Å². The second-order valence-corrected chi connectivity index (χ2v) is 6.56. The van der Waals surface area contributed by atoms with Crippen LogP contribution in [0.5, 0.6) is 0 Å². The van der Waals surface area contributed by atoms with Crippen molar-refractivity contribution in [3.05, 3.63) is 65.0 Å². The fourth-order valence-corrected chi connectivity index (χ4v) is 2.61. The van der Waals surface area contributed by atoms with E-state index in [-0.39, 0.29) is 10.7 Å². The maximum Gasteiger partial charge on any atom is 0.240 e. The normalized spacial score (nSPS) is 11.7. The zero-order valence-corrected chi connectivity index (χ0v) is 13.2. The molecule has 0 saturated carbocycles. The number of aromatic nitrogens is 1. The third-order valence-electron chi connectivity index (χ3n) is 2.92. The molecular weight excluding hydrogens is 324 g/mol. The number of allylic oxidation sites excluding steroid dienone is 1. The summed E-state index contributed by atoms with van der Waals surface area (Å²) in [6.45, 7) is 0. The minimum absolute atomic E-state index is 0.103. The number of rotatable bonds is 5. The third-order valence-corrected chi connectivity index (χ3v) is 4.67. The standard InChI is InChI=1S/C15H13ClN2O3S/c1-17-22(20,21)13-7-4-11(5-8-13)14(19)9-6-12-3-2-10-18-15(12)16/h2-10,17H,1H3/b9-6+. The van der Waals surface area contributed by atoms with Gasteiger partial charge in [-0.1, -0.05) is 17.7 Å². The van der Waals surface area contributed by atoms with Gasteiger partial charge < -0.3 is 0 Å². The number of benzene rings is 1. The van der Waals surface area contributed by atoms with Crippen molar-refractivity contribution < 1.29 is 13.2 Å². The molecule has 1 aromatic heterocycles. The van der Waals surface area contributed by atoms with Crippen LogP contribution in [0.25, 0.3) is 6.08 Å². The predicted octanol–water partition coefficient (Wildman–Crippen LogP) is 2.54. The van der Waals surface area contributed by atoms with Gasteiger partial charge in [-0.3, -0.25) is 4.79 Å². The highest BCUT2D eigenvalue weighted by molar-refractivity contribution is 7.89. The monoisotopic (exact) mass is 336 g/mol. The highest BCUT2D eigenvalue weighted by Crippen LogP contribution is 2.15. The molecule has 7 heteroatoms.